The van der Waals surface area contributed by atoms with Gasteiger partial charge in [0.25, 0.3) is 0 Å². The SMILES string of the molecule is CC(=O)N1CCC(C(=O)N2CCSC(c3ccccc3Cl)CC2)CC1. The van der Waals surface area contributed by atoms with E-state index in [1.54, 1.807) is 6.92 Å². The van der Waals surface area contributed by atoms with Crippen molar-refractivity contribution in [2.75, 3.05) is 31.9 Å². The van der Waals surface area contributed by atoms with Gasteiger partial charge in [0.2, 0.25) is 11.8 Å². The largest absolute Gasteiger partial charge is 0.343 e. The zero-order valence-corrected chi connectivity index (χ0v) is 16.2. The Morgan fingerprint density at radius 2 is 1.72 bits per heavy atom. The number of hydrogen-bond donors (Lipinski definition) is 0. The second-order valence-electron chi connectivity index (χ2n) is 6.78. The molecule has 0 spiro atoms. The summed E-state index contributed by atoms with van der Waals surface area (Å²) in [5.41, 5.74) is 1.18. The molecule has 2 amide bonds. The zero-order chi connectivity index (χ0) is 17.8. The Balaban J connectivity index is 1.57. The molecule has 2 saturated heterocycles. The van der Waals surface area contributed by atoms with Gasteiger partial charge >= 0.3 is 0 Å². The van der Waals surface area contributed by atoms with Crippen molar-refractivity contribution in [2.45, 2.75) is 31.4 Å². The molecule has 0 radical (unpaired) electrons. The predicted octanol–water partition coefficient (Wildman–Crippen LogP) is 3.61. The molecule has 1 unspecified atom stereocenters. The van der Waals surface area contributed by atoms with Gasteiger partial charge in [0.05, 0.1) is 0 Å². The summed E-state index contributed by atoms with van der Waals surface area (Å²) >= 11 is 8.24. The number of carbonyl (C=O) groups is 2. The Hall–Kier alpha value is -1.20. The summed E-state index contributed by atoms with van der Waals surface area (Å²) in [6, 6.07) is 8.01. The molecule has 2 fully saturated rings. The third-order valence-electron chi connectivity index (χ3n) is 5.19. The van der Waals surface area contributed by atoms with Gasteiger partial charge in [-0.05, 0) is 30.9 Å². The molecule has 0 saturated carbocycles. The van der Waals surface area contributed by atoms with Crippen LogP contribution in [0.4, 0.5) is 0 Å². The quantitative estimate of drug-likeness (QED) is 0.787. The Kier molecular flexibility index (Phi) is 6.29. The fourth-order valence-electron chi connectivity index (χ4n) is 3.67. The lowest BCUT2D eigenvalue weighted by molar-refractivity contribution is -0.139. The molecule has 1 aromatic rings. The molecule has 136 valence electrons. The molecule has 4 nitrogen and oxygen atoms in total. The number of hydrogen-bond acceptors (Lipinski definition) is 3. The fraction of sp³-hybridized carbons (Fsp3) is 0.579. The van der Waals surface area contributed by atoms with Crippen LogP contribution >= 0.6 is 23.4 Å². The number of rotatable bonds is 2. The van der Waals surface area contributed by atoms with E-state index in [0.29, 0.717) is 18.3 Å². The molecule has 3 rings (SSSR count). The number of benzene rings is 1. The highest BCUT2D eigenvalue weighted by atomic mass is 35.5. The average Bonchev–Trinajstić information content (AvgIpc) is 2.87. The number of amides is 2. The summed E-state index contributed by atoms with van der Waals surface area (Å²) in [4.78, 5) is 28.2. The van der Waals surface area contributed by atoms with Gasteiger partial charge in [-0.3, -0.25) is 9.59 Å². The summed E-state index contributed by atoms with van der Waals surface area (Å²) < 4.78 is 0. The van der Waals surface area contributed by atoms with E-state index in [9.17, 15) is 9.59 Å². The fourth-order valence-corrected chi connectivity index (χ4v) is 5.27. The summed E-state index contributed by atoms with van der Waals surface area (Å²) in [7, 11) is 0. The maximum Gasteiger partial charge on any atom is 0.225 e. The standard InChI is InChI=1S/C19H25ClN2O2S/c1-14(23)21-9-6-15(7-10-21)19(24)22-11-8-18(25-13-12-22)16-4-2-3-5-17(16)20/h2-5,15,18H,6-13H2,1H3. The first-order valence-corrected chi connectivity index (χ1v) is 10.4. The maximum atomic E-state index is 12.9. The third kappa shape index (κ3) is 4.50. The molecule has 2 aliphatic rings. The third-order valence-corrected chi connectivity index (χ3v) is 6.85. The lowest BCUT2D eigenvalue weighted by Crippen LogP contribution is -2.44. The van der Waals surface area contributed by atoms with E-state index < -0.39 is 0 Å². The van der Waals surface area contributed by atoms with Gasteiger partial charge in [-0.15, -0.1) is 0 Å². The topological polar surface area (TPSA) is 40.6 Å². The highest BCUT2D eigenvalue weighted by molar-refractivity contribution is 7.99. The average molecular weight is 381 g/mol. The van der Waals surface area contributed by atoms with E-state index in [4.69, 9.17) is 11.6 Å². The molecule has 1 atom stereocenters. The molecule has 2 aliphatic heterocycles. The van der Waals surface area contributed by atoms with Crippen molar-refractivity contribution in [1.29, 1.82) is 0 Å². The van der Waals surface area contributed by atoms with Crippen molar-refractivity contribution in [3.63, 3.8) is 0 Å². The summed E-state index contributed by atoms with van der Waals surface area (Å²) in [5.74, 6) is 1.38. The van der Waals surface area contributed by atoms with Gasteiger partial charge in [0.15, 0.2) is 0 Å². The Morgan fingerprint density at radius 3 is 2.40 bits per heavy atom. The van der Waals surface area contributed by atoms with Crippen LogP contribution in [-0.4, -0.2) is 53.5 Å². The van der Waals surface area contributed by atoms with Gasteiger partial charge < -0.3 is 9.80 Å². The maximum absolute atomic E-state index is 12.9. The van der Waals surface area contributed by atoms with Crippen molar-refractivity contribution in [3.8, 4) is 0 Å². The Labute approximate surface area is 158 Å². The first-order valence-electron chi connectivity index (χ1n) is 8.96. The monoisotopic (exact) mass is 380 g/mol. The number of carbonyl (C=O) groups excluding carboxylic acids is 2. The summed E-state index contributed by atoms with van der Waals surface area (Å²) in [6.45, 7) is 4.60. The lowest BCUT2D eigenvalue weighted by atomic mass is 9.95. The normalized spacial score (nSPS) is 22.6. The molecule has 25 heavy (non-hydrogen) atoms. The van der Waals surface area contributed by atoms with Crippen LogP contribution in [0.15, 0.2) is 24.3 Å². The predicted molar refractivity (Wildman–Crippen MR) is 103 cm³/mol. The molecule has 0 aromatic heterocycles. The first-order chi connectivity index (χ1) is 12.1. The van der Waals surface area contributed by atoms with Gasteiger partial charge in [0, 0.05) is 55.0 Å². The van der Waals surface area contributed by atoms with E-state index in [1.807, 2.05) is 39.8 Å². The lowest BCUT2D eigenvalue weighted by Gasteiger charge is -2.33. The van der Waals surface area contributed by atoms with Crippen LogP contribution in [0.3, 0.4) is 0 Å². The van der Waals surface area contributed by atoms with Gasteiger partial charge in [-0.2, -0.15) is 11.8 Å². The molecule has 2 heterocycles. The van der Waals surface area contributed by atoms with E-state index >= 15 is 0 Å². The van der Waals surface area contributed by atoms with Crippen molar-refractivity contribution in [2.24, 2.45) is 5.92 Å². The van der Waals surface area contributed by atoms with Crippen LogP contribution in [0.25, 0.3) is 0 Å². The van der Waals surface area contributed by atoms with Crippen LogP contribution in [0.2, 0.25) is 5.02 Å². The number of likely N-dealkylation sites (tertiary alicyclic amines) is 1. The molecular formula is C19H25ClN2O2S. The van der Waals surface area contributed by atoms with E-state index in [1.165, 1.54) is 5.56 Å². The molecular weight excluding hydrogens is 356 g/mol. The van der Waals surface area contributed by atoms with Gasteiger partial charge in [-0.25, -0.2) is 0 Å². The first kappa shape index (κ1) is 18.6. The molecule has 1 aromatic carbocycles. The second-order valence-corrected chi connectivity index (χ2v) is 8.49. The number of thioether (sulfide) groups is 1. The number of nitrogens with zero attached hydrogens (tertiary/aromatic N) is 2. The van der Waals surface area contributed by atoms with Crippen LogP contribution in [0.5, 0.6) is 0 Å². The van der Waals surface area contributed by atoms with Crippen molar-refractivity contribution >= 4 is 35.2 Å². The van der Waals surface area contributed by atoms with Crippen LogP contribution in [0, 0.1) is 5.92 Å². The zero-order valence-electron chi connectivity index (χ0n) is 14.6. The van der Waals surface area contributed by atoms with Crippen LogP contribution in [-0.2, 0) is 9.59 Å². The summed E-state index contributed by atoms with van der Waals surface area (Å²) in [5, 5.41) is 1.17. The van der Waals surface area contributed by atoms with E-state index in [2.05, 4.69) is 6.07 Å². The van der Waals surface area contributed by atoms with Crippen molar-refractivity contribution < 1.29 is 9.59 Å². The van der Waals surface area contributed by atoms with Crippen LogP contribution < -0.4 is 0 Å². The summed E-state index contributed by atoms with van der Waals surface area (Å²) in [6.07, 6.45) is 2.51. The smallest absolute Gasteiger partial charge is 0.225 e. The molecule has 0 aliphatic carbocycles. The minimum absolute atomic E-state index is 0.0671. The second kappa shape index (κ2) is 8.45. The van der Waals surface area contributed by atoms with E-state index in [0.717, 1.165) is 43.1 Å². The van der Waals surface area contributed by atoms with E-state index in [-0.39, 0.29) is 17.7 Å². The Morgan fingerprint density at radius 1 is 1.04 bits per heavy atom. The van der Waals surface area contributed by atoms with Crippen LogP contribution in [0.1, 0.15) is 37.0 Å². The molecule has 0 bridgehead atoms. The van der Waals surface area contributed by atoms with Gasteiger partial charge in [0.1, 0.15) is 0 Å². The number of piperidine rings is 1. The minimum atomic E-state index is 0.0671. The minimum Gasteiger partial charge on any atom is -0.343 e. The molecule has 0 N–H and O–H groups in total. The Bertz CT molecular complexity index is 632. The van der Waals surface area contributed by atoms with Crippen molar-refractivity contribution in [1.82, 2.24) is 9.80 Å². The highest BCUT2D eigenvalue weighted by Crippen LogP contribution is 2.38. The number of halogens is 1. The molecule has 6 heteroatoms. The van der Waals surface area contributed by atoms with Crippen molar-refractivity contribution in [3.05, 3.63) is 34.9 Å². The van der Waals surface area contributed by atoms with Gasteiger partial charge in [-0.1, -0.05) is 29.8 Å². The highest BCUT2D eigenvalue weighted by Gasteiger charge is 2.31.